The van der Waals surface area contributed by atoms with Crippen molar-refractivity contribution in [2.75, 3.05) is 6.26 Å². The molecule has 1 atom stereocenters. The van der Waals surface area contributed by atoms with Gasteiger partial charge < -0.3 is 5.32 Å². The summed E-state index contributed by atoms with van der Waals surface area (Å²) in [5.41, 5.74) is 3.91. The number of fused-ring (bicyclic) bond motifs is 1. The molecule has 3 heterocycles. The summed E-state index contributed by atoms with van der Waals surface area (Å²) in [7, 11) is -3.44. The fraction of sp³-hybridized carbons (Fsp3) is 0.160. The molecule has 0 aliphatic carbocycles. The maximum Gasteiger partial charge on any atom is 0.192 e. The van der Waals surface area contributed by atoms with E-state index in [0.717, 1.165) is 39.7 Å². The summed E-state index contributed by atoms with van der Waals surface area (Å²) >= 11 is 0. The summed E-state index contributed by atoms with van der Waals surface area (Å²) in [6.07, 6.45) is 12.1. The van der Waals surface area contributed by atoms with Crippen LogP contribution in [-0.2, 0) is 9.84 Å². The molecule has 0 radical (unpaired) electrons. The Morgan fingerprint density at radius 1 is 1.21 bits per heavy atom. The third-order valence-corrected chi connectivity index (χ3v) is 6.40. The van der Waals surface area contributed by atoms with E-state index < -0.39 is 9.84 Å². The Kier molecular flexibility index (Phi) is 6.56. The van der Waals surface area contributed by atoms with Gasteiger partial charge in [-0.1, -0.05) is 12.2 Å². The zero-order valence-electron chi connectivity index (χ0n) is 18.8. The Morgan fingerprint density at radius 3 is 2.65 bits per heavy atom. The first-order chi connectivity index (χ1) is 16.3. The Bertz CT molecular complexity index is 1480. The van der Waals surface area contributed by atoms with Crippen LogP contribution >= 0.6 is 0 Å². The molecule has 4 aromatic rings. The van der Waals surface area contributed by atoms with Gasteiger partial charge in [-0.25, -0.2) is 22.5 Å². The topological polar surface area (TPSA) is 89.8 Å². The number of aromatic nitrogens is 4. The van der Waals surface area contributed by atoms with Gasteiger partial charge in [-0.05, 0) is 55.3 Å². The van der Waals surface area contributed by atoms with Crippen molar-refractivity contribution >= 4 is 26.4 Å². The second-order valence-electron chi connectivity index (χ2n) is 7.78. The van der Waals surface area contributed by atoms with E-state index in [1.54, 1.807) is 53.6 Å². The molecular weight excluding hydrogens is 453 g/mol. The van der Waals surface area contributed by atoms with Crippen molar-refractivity contribution in [1.82, 2.24) is 25.1 Å². The summed E-state index contributed by atoms with van der Waals surface area (Å²) in [6.45, 7) is 5.76. The number of pyridine rings is 2. The highest BCUT2D eigenvalue weighted by atomic mass is 32.2. The largest absolute Gasteiger partial charge is 0.378 e. The number of hydrogen-bond acceptors (Lipinski definition) is 6. The van der Waals surface area contributed by atoms with Crippen LogP contribution < -0.4 is 5.32 Å². The fourth-order valence-electron chi connectivity index (χ4n) is 3.74. The molecule has 174 valence electrons. The molecule has 34 heavy (non-hydrogen) atoms. The predicted octanol–water partition coefficient (Wildman–Crippen LogP) is 4.63. The summed E-state index contributed by atoms with van der Waals surface area (Å²) < 4.78 is 39.1. The maximum absolute atomic E-state index is 13.4. The molecule has 0 spiro atoms. The second-order valence-corrected chi connectivity index (χ2v) is 9.74. The number of nitrogens with one attached hydrogen (secondary N) is 1. The van der Waals surface area contributed by atoms with Gasteiger partial charge in [0.15, 0.2) is 14.9 Å². The quantitative estimate of drug-likeness (QED) is 0.372. The molecule has 4 rings (SSSR count). The highest BCUT2D eigenvalue weighted by molar-refractivity contribution is 7.90. The van der Waals surface area contributed by atoms with Crippen molar-refractivity contribution in [3.8, 4) is 5.69 Å². The van der Waals surface area contributed by atoms with E-state index in [0.29, 0.717) is 6.42 Å². The van der Waals surface area contributed by atoms with Gasteiger partial charge in [0.25, 0.3) is 0 Å². The Labute approximate surface area is 197 Å². The standard InChI is InChI=1S/C25H24FN5O2S/c1-4-6-23(17-11-12-28-25(13-17)34(3,32)33)30-22(5-2)20-14-27-16-24-21(20)15-29-31(24)19-9-7-18(26)8-10-19/h4-5,7-16,23,30H,1,6H2,2-3H3. The van der Waals surface area contributed by atoms with Gasteiger partial charge >= 0.3 is 0 Å². The second kappa shape index (κ2) is 9.56. The number of hydrogen-bond donors (Lipinski definition) is 1. The lowest BCUT2D eigenvalue weighted by atomic mass is 10.0. The van der Waals surface area contributed by atoms with Crippen LogP contribution in [0.25, 0.3) is 22.3 Å². The average molecular weight is 478 g/mol. The monoisotopic (exact) mass is 477 g/mol. The van der Waals surface area contributed by atoms with Crippen LogP contribution in [0.2, 0.25) is 0 Å². The molecule has 1 unspecified atom stereocenters. The van der Waals surface area contributed by atoms with Crippen LogP contribution in [0.15, 0.2) is 84.9 Å². The SMILES string of the molecule is C=CCC(NC(=CC)c1cncc2c1cnn2-c1ccc(F)cc1)c1ccnc(S(C)(=O)=O)c1. The molecule has 7 nitrogen and oxygen atoms in total. The van der Waals surface area contributed by atoms with Gasteiger partial charge in [-0.2, -0.15) is 5.10 Å². The molecule has 0 fully saturated rings. The first kappa shape index (κ1) is 23.3. The molecule has 9 heteroatoms. The summed E-state index contributed by atoms with van der Waals surface area (Å²) in [4.78, 5) is 8.39. The molecule has 1 N–H and O–H groups in total. The summed E-state index contributed by atoms with van der Waals surface area (Å²) in [5, 5.41) is 8.88. The van der Waals surface area contributed by atoms with E-state index in [1.165, 1.54) is 18.3 Å². The van der Waals surface area contributed by atoms with Crippen molar-refractivity contribution in [2.24, 2.45) is 0 Å². The molecule has 0 aliphatic heterocycles. The van der Waals surface area contributed by atoms with E-state index in [1.807, 2.05) is 13.0 Å². The Morgan fingerprint density at radius 2 is 1.97 bits per heavy atom. The first-order valence-electron chi connectivity index (χ1n) is 10.6. The van der Waals surface area contributed by atoms with Gasteiger partial charge in [-0.3, -0.25) is 4.98 Å². The van der Waals surface area contributed by atoms with E-state index in [9.17, 15) is 12.8 Å². The first-order valence-corrected chi connectivity index (χ1v) is 12.5. The minimum Gasteiger partial charge on any atom is -0.378 e. The average Bonchev–Trinajstić information content (AvgIpc) is 3.26. The van der Waals surface area contributed by atoms with Crippen LogP contribution in [0.3, 0.4) is 0 Å². The molecule has 3 aromatic heterocycles. The molecule has 0 aliphatic rings. The molecule has 1 aromatic carbocycles. The lowest BCUT2D eigenvalue weighted by Gasteiger charge is -2.22. The predicted molar refractivity (Wildman–Crippen MR) is 131 cm³/mol. The third-order valence-electron chi connectivity index (χ3n) is 5.42. The number of allylic oxidation sites excluding steroid dienone is 1. The number of nitrogens with zero attached hydrogens (tertiary/aromatic N) is 4. The fourth-order valence-corrected chi connectivity index (χ4v) is 4.34. The van der Waals surface area contributed by atoms with Gasteiger partial charge in [0.05, 0.1) is 29.6 Å². The van der Waals surface area contributed by atoms with Crippen LogP contribution in [0, 0.1) is 5.82 Å². The number of benzene rings is 1. The Balaban J connectivity index is 1.72. The van der Waals surface area contributed by atoms with E-state index in [2.05, 4.69) is 27.0 Å². The molecule has 0 amide bonds. The van der Waals surface area contributed by atoms with Crippen molar-refractivity contribution < 1.29 is 12.8 Å². The number of sulfone groups is 1. The van der Waals surface area contributed by atoms with Gasteiger partial charge in [0, 0.05) is 35.3 Å². The lowest BCUT2D eigenvalue weighted by Crippen LogP contribution is -2.20. The van der Waals surface area contributed by atoms with Gasteiger partial charge in [-0.15, -0.1) is 6.58 Å². The van der Waals surface area contributed by atoms with Crippen molar-refractivity contribution in [3.05, 3.63) is 96.9 Å². The maximum atomic E-state index is 13.4. The van der Waals surface area contributed by atoms with Crippen LogP contribution in [0.4, 0.5) is 4.39 Å². The molecule has 0 saturated heterocycles. The molecular formula is C25H24FN5O2S. The lowest BCUT2D eigenvalue weighted by molar-refractivity contribution is 0.596. The molecule has 0 bridgehead atoms. The highest BCUT2D eigenvalue weighted by Crippen LogP contribution is 2.28. The number of rotatable bonds is 8. The van der Waals surface area contributed by atoms with Gasteiger partial charge in [0.1, 0.15) is 5.82 Å². The van der Waals surface area contributed by atoms with E-state index in [-0.39, 0.29) is 16.9 Å². The summed E-state index contributed by atoms with van der Waals surface area (Å²) in [6, 6.07) is 9.22. The minimum absolute atomic E-state index is 0.0206. The highest BCUT2D eigenvalue weighted by Gasteiger charge is 2.18. The van der Waals surface area contributed by atoms with Crippen molar-refractivity contribution in [2.45, 2.75) is 24.4 Å². The van der Waals surface area contributed by atoms with Crippen LogP contribution in [0.1, 0.15) is 30.5 Å². The zero-order chi connectivity index (χ0) is 24.3. The minimum atomic E-state index is -3.44. The van der Waals surface area contributed by atoms with E-state index in [4.69, 9.17) is 0 Å². The van der Waals surface area contributed by atoms with Crippen molar-refractivity contribution in [3.63, 3.8) is 0 Å². The Hall–Kier alpha value is -3.85. The zero-order valence-corrected chi connectivity index (χ0v) is 19.6. The molecule has 0 saturated carbocycles. The third kappa shape index (κ3) is 4.74. The van der Waals surface area contributed by atoms with Crippen LogP contribution in [0.5, 0.6) is 0 Å². The normalized spacial score (nSPS) is 13.1. The smallest absolute Gasteiger partial charge is 0.192 e. The number of halogens is 1. The van der Waals surface area contributed by atoms with E-state index >= 15 is 0 Å². The summed E-state index contributed by atoms with van der Waals surface area (Å²) in [5.74, 6) is -0.317. The van der Waals surface area contributed by atoms with Crippen LogP contribution in [-0.4, -0.2) is 34.4 Å². The van der Waals surface area contributed by atoms with Crippen molar-refractivity contribution in [1.29, 1.82) is 0 Å². The van der Waals surface area contributed by atoms with Gasteiger partial charge in [0.2, 0.25) is 0 Å².